The summed E-state index contributed by atoms with van der Waals surface area (Å²) in [6.45, 7) is 2.98. The van der Waals surface area contributed by atoms with Gasteiger partial charge < -0.3 is 9.67 Å². The minimum atomic E-state index is -0.352. The van der Waals surface area contributed by atoms with Crippen LogP contribution in [0.4, 0.5) is 0 Å². The molecule has 0 radical (unpaired) electrons. The van der Waals surface area contributed by atoms with Crippen molar-refractivity contribution in [3.63, 3.8) is 0 Å². The standard InChI is InChI=1S/C21H25N5O3/c1-15-14-26-17-18(22-20(26)24(15)12-7-13-27)23(2)21(29)25(19(17)28)11-6-10-16-8-4-3-5-9-16/h3-5,8-9,14,27H,6-7,10-13H2,1-2H3. The fourth-order valence-electron chi connectivity index (χ4n) is 3.84. The highest BCUT2D eigenvalue weighted by atomic mass is 16.3. The lowest BCUT2D eigenvalue weighted by atomic mass is 10.1. The van der Waals surface area contributed by atoms with Crippen LogP contribution in [-0.4, -0.2) is 34.8 Å². The van der Waals surface area contributed by atoms with E-state index in [4.69, 9.17) is 5.11 Å². The highest BCUT2D eigenvalue weighted by Crippen LogP contribution is 2.16. The Bertz CT molecular complexity index is 1280. The monoisotopic (exact) mass is 395 g/mol. The lowest BCUT2D eigenvalue weighted by Crippen LogP contribution is -2.39. The van der Waals surface area contributed by atoms with E-state index in [-0.39, 0.29) is 17.9 Å². The van der Waals surface area contributed by atoms with Gasteiger partial charge in [0.05, 0.1) is 0 Å². The molecule has 0 bridgehead atoms. The van der Waals surface area contributed by atoms with E-state index in [1.807, 2.05) is 48.0 Å². The van der Waals surface area contributed by atoms with Crippen LogP contribution in [0.3, 0.4) is 0 Å². The zero-order chi connectivity index (χ0) is 20.5. The molecule has 8 nitrogen and oxygen atoms in total. The van der Waals surface area contributed by atoms with E-state index < -0.39 is 0 Å². The summed E-state index contributed by atoms with van der Waals surface area (Å²) in [5.41, 5.74) is 2.26. The van der Waals surface area contributed by atoms with E-state index >= 15 is 0 Å². The van der Waals surface area contributed by atoms with Gasteiger partial charge in [-0.3, -0.25) is 18.3 Å². The molecule has 3 heterocycles. The van der Waals surface area contributed by atoms with Gasteiger partial charge in [0, 0.05) is 38.6 Å². The zero-order valence-corrected chi connectivity index (χ0v) is 16.7. The van der Waals surface area contributed by atoms with Crippen LogP contribution in [0.15, 0.2) is 46.1 Å². The summed E-state index contributed by atoms with van der Waals surface area (Å²) < 4.78 is 6.47. The maximum atomic E-state index is 13.2. The molecule has 0 spiro atoms. The summed E-state index contributed by atoms with van der Waals surface area (Å²) in [6.07, 6.45) is 3.95. The van der Waals surface area contributed by atoms with Crippen molar-refractivity contribution in [2.24, 2.45) is 7.05 Å². The number of rotatable bonds is 7. The number of fused-ring (bicyclic) bond motifs is 3. The largest absolute Gasteiger partial charge is 0.396 e. The first-order chi connectivity index (χ1) is 14.0. The van der Waals surface area contributed by atoms with Gasteiger partial charge in [-0.05, 0) is 31.7 Å². The minimum Gasteiger partial charge on any atom is -0.396 e. The number of aliphatic hydroxyl groups excluding tert-OH is 1. The van der Waals surface area contributed by atoms with Crippen molar-refractivity contribution in [3.8, 4) is 0 Å². The van der Waals surface area contributed by atoms with Gasteiger partial charge in [-0.15, -0.1) is 0 Å². The summed E-state index contributed by atoms with van der Waals surface area (Å²) in [6, 6.07) is 10.0. The summed E-state index contributed by atoms with van der Waals surface area (Å²) >= 11 is 0. The van der Waals surface area contributed by atoms with Crippen LogP contribution in [0.1, 0.15) is 24.1 Å². The Kier molecular flexibility index (Phi) is 5.10. The molecular weight excluding hydrogens is 370 g/mol. The first-order valence-corrected chi connectivity index (χ1v) is 9.85. The number of nitrogens with zero attached hydrogens (tertiary/aromatic N) is 5. The quantitative estimate of drug-likeness (QED) is 0.513. The molecule has 0 fully saturated rings. The number of aryl methyl sites for hydroxylation is 4. The van der Waals surface area contributed by atoms with Crippen molar-refractivity contribution in [2.75, 3.05) is 6.61 Å². The number of hydrogen-bond acceptors (Lipinski definition) is 4. The van der Waals surface area contributed by atoms with Crippen LogP contribution in [0, 0.1) is 6.92 Å². The second-order valence-corrected chi connectivity index (χ2v) is 7.34. The molecule has 0 aliphatic rings. The Morgan fingerprint density at radius 2 is 1.76 bits per heavy atom. The van der Waals surface area contributed by atoms with Crippen LogP contribution in [-0.2, 0) is 26.6 Å². The van der Waals surface area contributed by atoms with Gasteiger partial charge in [-0.25, -0.2) is 4.79 Å². The Morgan fingerprint density at radius 3 is 2.48 bits per heavy atom. The van der Waals surface area contributed by atoms with Crippen molar-refractivity contribution >= 4 is 16.9 Å². The van der Waals surface area contributed by atoms with E-state index in [1.165, 1.54) is 14.7 Å². The molecule has 1 aromatic carbocycles. The lowest BCUT2D eigenvalue weighted by molar-refractivity contribution is 0.280. The second-order valence-electron chi connectivity index (χ2n) is 7.34. The molecule has 0 amide bonds. The first-order valence-electron chi connectivity index (χ1n) is 9.85. The minimum absolute atomic E-state index is 0.0801. The molecule has 29 heavy (non-hydrogen) atoms. The third-order valence-corrected chi connectivity index (χ3v) is 5.37. The molecule has 4 rings (SSSR count). The van der Waals surface area contributed by atoms with Gasteiger partial charge in [0.2, 0.25) is 5.78 Å². The van der Waals surface area contributed by atoms with Crippen molar-refractivity contribution in [1.82, 2.24) is 23.1 Å². The second kappa shape index (κ2) is 7.71. The Morgan fingerprint density at radius 1 is 1.03 bits per heavy atom. The topological polar surface area (TPSA) is 86.5 Å². The van der Waals surface area contributed by atoms with Crippen molar-refractivity contribution in [2.45, 2.75) is 39.3 Å². The van der Waals surface area contributed by atoms with E-state index in [9.17, 15) is 9.59 Å². The molecule has 0 aliphatic carbocycles. The summed E-state index contributed by atoms with van der Waals surface area (Å²) in [5.74, 6) is 0.611. The van der Waals surface area contributed by atoms with Crippen LogP contribution in [0.2, 0.25) is 0 Å². The maximum Gasteiger partial charge on any atom is 0.332 e. The smallest absolute Gasteiger partial charge is 0.332 e. The average molecular weight is 395 g/mol. The number of aliphatic hydroxyl groups is 1. The van der Waals surface area contributed by atoms with Crippen LogP contribution < -0.4 is 11.2 Å². The van der Waals surface area contributed by atoms with E-state index in [0.29, 0.717) is 42.9 Å². The molecule has 0 unspecified atom stereocenters. The number of aromatic nitrogens is 5. The fraction of sp³-hybridized carbons (Fsp3) is 0.381. The fourth-order valence-corrected chi connectivity index (χ4v) is 3.84. The molecular formula is C21H25N5O3. The maximum absolute atomic E-state index is 13.2. The Balaban J connectivity index is 1.77. The van der Waals surface area contributed by atoms with Gasteiger partial charge in [0.1, 0.15) is 0 Å². The molecule has 3 aromatic heterocycles. The summed E-state index contributed by atoms with van der Waals surface area (Å²) in [7, 11) is 1.65. The molecule has 0 saturated carbocycles. The lowest BCUT2D eigenvalue weighted by Gasteiger charge is -2.08. The zero-order valence-electron chi connectivity index (χ0n) is 16.7. The number of imidazole rings is 2. The van der Waals surface area contributed by atoms with Crippen LogP contribution in [0.25, 0.3) is 16.9 Å². The predicted octanol–water partition coefficient (Wildman–Crippen LogP) is 1.47. The van der Waals surface area contributed by atoms with Crippen molar-refractivity contribution < 1.29 is 5.11 Å². The summed E-state index contributed by atoms with van der Waals surface area (Å²) in [4.78, 5) is 30.6. The van der Waals surface area contributed by atoms with E-state index in [2.05, 4.69) is 4.98 Å². The molecule has 1 N–H and O–H groups in total. The molecule has 4 aromatic rings. The first kappa shape index (κ1) is 19.2. The molecule has 0 saturated heterocycles. The Labute approximate surface area is 167 Å². The number of hydrogen-bond donors (Lipinski definition) is 1. The average Bonchev–Trinajstić information content (AvgIpc) is 3.23. The van der Waals surface area contributed by atoms with Gasteiger partial charge in [0.25, 0.3) is 5.56 Å². The predicted molar refractivity (Wildman–Crippen MR) is 111 cm³/mol. The van der Waals surface area contributed by atoms with Crippen molar-refractivity contribution in [3.05, 3.63) is 68.6 Å². The van der Waals surface area contributed by atoms with Gasteiger partial charge in [-0.2, -0.15) is 4.98 Å². The van der Waals surface area contributed by atoms with Crippen molar-refractivity contribution in [1.29, 1.82) is 0 Å². The summed E-state index contributed by atoms with van der Waals surface area (Å²) in [5, 5.41) is 9.15. The highest BCUT2D eigenvalue weighted by molar-refractivity contribution is 5.75. The van der Waals surface area contributed by atoms with Gasteiger partial charge in [-0.1, -0.05) is 30.3 Å². The van der Waals surface area contributed by atoms with E-state index in [0.717, 1.165) is 12.1 Å². The highest BCUT2D eigenvalue weighted by Gasteiger charge is 2.19. The molecule has 0 aliphatic heterocycles. The third kappa shape index (κ3) is 3.29. The SMILES string of the molecule is Cc1cn2c3c(=O)n(CCCc4ccccc4)c(=O)n(C)c3nc2n1CCCO. The molecule has 152 valence electrons. The third-order valence-electron chi connectivity index (χ3n) is 5.37. The number of benzene rings is 1. The normalized spacial score (nSPS) is 11.7. The molecule has 0 atom stereocenters. The van der Waals surface area contributed by atoms with Gasteiger partial charge in [0.15, 0.2) is 11.2 Å². The van der Waals surface area contributed by atoms with Crippen LogP contribution in [0.5, 0.6) is 0 Å². The van der Waals surface area contributed by atoms with E-state index in [1.54, 1.807) is 11.4 Å². The molecule has 8 heteroatoms. The Hall–Kier alpha value is -3.13. The van der Waals surface area contributed by atoms with Gasteiger partial charge >= 0.3 is 5.69 Å². The van der Waals surface area contributed by atoms with Crippen LogP contribution >= 0.6 is 0 Å².